The number of amides is 1. The van der Waals surface area contributed by atoms with Crippen molar-refractivity contribution in [3.05, 3.63) is 89.5 Å². The van der Waals surface area contributed by atoms with Crippen LogP contribution < -0.4 is 5.32 Å². The summed E-state index contributed by atoms with van der Waals surface area (Å²) in [5.74, 6) is 0.800. The fourth-order valence-electron chi connectivity index (χ4n) is 3.57. The fourth-order valence-corrected chi connectivity index (χ4v) is 3.57. The highest BCUT2D eigenvalue weighted by atomic mass is 16.3. The number of hydrogen-bond acceptors (Lipinski definition) is 3. The molecule has 0 saturated heterocycles. The van der Waals surface area contributed by atoms with Gasteiger partial charge in [0, 0.05) is 29.3 Å². The predicted molar refractivity (Wildman–Crippen MR) is 116 cm³/mol. The van der Waals surface area contributed by atoms with Crippen LogP contribution in [0.15, 0.2) is 71.5 Å². The van der Waals surface area contributed by atoms with Gasteiger partial charge >= 0.3 is 0 Å². The molecule has 0 fully saturated rings. The molecule has 4 aromatic rings. The number of carbonyl (C=O) groups is 1. The summed E-state index contributed by atoms with van der Waals surface area (Å²) in [4.78, 5) is 18.2. The maximum Gasteiger partial charge on any atom is 0.238 e. The number of furan rings is 1. The fraction of sp³-hybridized carbons (Fsp3) is 0.208. The molecule has 2 aromatic heterocycles. The first-order chi connectivity index (χ1) is 14.1. The van der Waals surface area contributed by atoms with E-state index in [1.54, 1.807) is 6.26 Å². The Hall–Kier alpha value is -3.31. The molecule has 29 heavy (non-hydrogen) atoms. The number of fused-ring (bicyclic) bond motifs is 1. The number of aryl methyl sites for hydroxylation is 1. The van der Waals surface area contributed by atoms with E-state index in [9.17, 15) is 4.79 Å². The average molecular weight is 387 g/mol. The molecule has 148 valence electrons. The summed E-state index contributed by atoms with van der Waals surface area (Å²) >= 11 is 0. The molecule has 0 bridgehead atoms. The van der Waals surface area contributed by atoms with Crippen LogP contribution in [0, 0.1) is 13.8 Å². The third-order valence-electron chi connectivity index (χ3n) is 5.27. The molecule has 5 heteroatoms. The zero-order valence-corrected chi connectivity index (χ0v) is 16.7. The largest absolute Gasteiger partial charge is 0.468 e. The van der Waals surface area contributed by atoms with E-state index in [4.69, 9.17) is 4.42 Å². The Labute approximate surface area is 170 Å². The van der Waals surface area contributed by atoms with Crippen molar-refractivity contribution >= 4 is 22.5 Å². The first-order valence-corrected chi connectivity index (χ1v) is 9.76. The maximum absolute atomic E-state index is 12.8. The van der Waals surface area contributed by atoms with E-state index in [2.05, 4.69) is 27.3 Å². The van der Waals surface area contributed by atoms with Crippen LogP contribution >= 0.6 is 0 Å². The van der Waals surface area contributed by atoms with Gasteiger partial charge in [-0.15, -0.1) is 0 Å². The number of aromatic amines is 1. The van der Waals surface area contributed by atoms with Gasteiger partial charge in [0.1, 0.15) is 5.76 Å². The van der Waals surface area contributed by atoms with Gasteiger partial charge in [-0.05, 0) is 54.8 Å². The Bertz CT molecular complexity index is 1110. The molecule has 0 unspecified atom stereocenters. The molecular formula is C24H25N3O2. The lowest BCUT2D eigenvalue weighted by molar-refractivity contribution is -0.117. The number of hydrogen-bond donors (Lipinski definition) is 2. The van der Waals surface area contributed by atoms with Crippen molar-refractivity contribution in [2.45, 2.75) is 26.9 Å². The number of benzene rings is 2. The molecule has 5 nitrogen and oxygen atoms in total. The van der Waals surface area contributed by atoms with E-state index in [0.717, 1.165) is 33.7 Å². The van der Waals surface area contributed by atoms with E-state index >= 15 is 0 Å². The second-order valence-corrected chi connectivity index (χ2v) is 7.38. The molecule has 0 radical (unpaired) electrons. The van der Waals surface area contributed by atoms with Crippen LogP contribution in [-0.4, -0.2) is 22.3 Å². The van der Waals surface area contributed by atoms with Gasteiger partial charge < -0.3 is 14.7 Å². The number of anilines is 1. The minimum absolute atomic E-state index is 0.0369. The van der Waals surface area contributed by atoms with Crippen LogP contribution in [0.4, 0.5) is 5.69 Å². The van der Waals surface area contributed by atoms with Gasteiger partial charge in [-0.1, -0.05) is 30.3 Å². The second-order valence-electron chi connectivity index (χ2n) is 7.38. The SMILES string of the molecule is Cc1cccc(NC(=O)CN(Cc2ccco2)Cc2c[nH]c3ccccc23)c1C. The van der Waals surface area contributed by atoms with Crippen LogP contribution in [0.2, 0.25) is 0 Å². The van der Waals surface area contributed by atoms with Crippen molar-refractivity contribution < 1.29 is 9.21 Å². The lowest BCUT2D eigenvalue weighted by Gasteiger charge is -2.21. The molecule has 2 heterocycles. The smallest absolute Gasteiger partial charge is 0.238 e. The van der Waals surface area contributed by atoms with Crippen LogP contribution in [0.3, 0.4) is 0 Å². The zero-order valence-electron chi connectivity index (χ0n) is 16.7. The number of para-hydroxylation sites is 1. The minimum atomic E-state index is -0.0369. The molecule has 0 atom stereocenters. The topological polar surface area (TPSA) is 61.3 Å². The zero-order chi connectivity index (χ0) is 20.2. The van der Waals surface area contributed by atoms with E-state index < -0.39 is 0 Å². The van der Waals surface area contributed by atoms with Gasteiger partial charge in [0.2, 0.25) is 5.91 Å². The van der Waals surface area contributed by atoms with Crippen molar-refractivity contribution in [2.75, 3.05) is 11.9 Å². The monoisotopic (exact) mass is 387 g/mol. The summed E-state index contributed by atoms with van der Waals surface area (Å²) in [6.07, 6.45) is 3.68. The molecule has 0 aliphatic heterocycles. The molecular weight excluding hydrogens is 362 g/mol. The minimum Gasteiger partial charge on any atom is -0.468 e. The van der Waals surface area contributed by atoms with Gasteiger partial charge in [-0.25, -0.2) is 0 Å². The molecule has 0 aliphatic carbocycles. The van der Waals surface area contributed by atoms with Crippen molar-refractivity contribution in [1.29, 1.82) is 0 Å². The normalized spacial score (nSPS) is 11.3. The Kier molecular flexibility index (Phi) is 5.49. The highest BCUT2D eigenvalue weighted by Crippen LogP contribution is 2.21. The van der Waals surface area contributed by atoms with E-state index in [1.807, 2.05) is 62.5 Å². The molecule has 2 N–H and O–H groups in total. The molecule has 0 aliphatic rings. The van der Waals surface area contributed by atoms with Crippen LogP contribution in [0.1, 0.15) is 22.5 Å². The van der Waals surface area contributed by atoms with Crippen molar-refractivity contribution in [2.24, 2.45) is 0 Å². The van der Waals surface area contributed by atoms with Crippen molar-refractivity contribution in [3.63, 3.8) is 0 Å². The number of carbonyl (C=O) groups excluding carboxylic acids is 1. The Balaban J connectivity index is 1.52. The van der Waals surface area contributed by atoms with Gasteiger partial charge in [0.25, 0.3) is 0 Å². The Morgan fingerprint density at radius 3 is 2.72 bits per heavy atom. The summed E-state index contributed by atoms with van der Waals surface area (Å²) in [6, 6.07) is 18.0. The highest BCUT2D eigenvalue weighted by Gasteiger charge is 2.16. The van der Waals surface area contributed by atoms with Crippen molar-refractivity contribution in [1.82, 2.24) is 9.88 Å². The van der Waals surface area contributed by atoms with Gasteiger partial charge in [-0.3, -0.25) is 9.69 Å². The standard InChI is InChI=1S/C24H25N3O2/c1-17-7-5-11-22(18(17)2)26-24(28)16-27(15-20-8-6-12-29-20)14-19-13-25-23-10-4-3-9-21(19)23/h3-13,25H,14-16H2,1-2H3,(H,26,28). The number of H-pyrrole nitrogens is 1. The first-order valence-electron chi connectivity index (χ1n) is 9.76. The molecule has 1 amide bonds. The Morgan fingerprint density at radius 1 is 1.03 bits per heavy atom. The van der Waals surface area contributed by atoms with E-state index in [1.165, 1.54) is 5.39 Å². The second kappa shape index (κ2) is 8.37. The molecule has 0 spiro atoms. The molecule has 2 aromatic carbocycles. The van der Waals surface area contributed by atoms with E-state index in [-0.39, 0.29) is 12.5 Å². The molecule has 0 saturated carbocycles. The van der Waals surface area contributed by atoms with Crippen LogP contribution in [0.5, 0.6) is 0 Å². The maximum atomic E-state index is 12.8. The third kappa shape index (κ3) is 4.41. The van der Waals surface area contributed by atoms with Gasteiger partial charge in [0.05, 0.1) is 19.4 Å². The summed E-state index contributed by atoms with van der Waals surface area (Å²) in [6.45, 7) is 5.55. The first kappa shape index (κ1) is 19.0. The number of nitrogens with one attached hydrogen (secondary N) is 2. The number of rotatable bonds is 7. The van der Waals surface area contributed by atoms with E-state index in [0.29, 0.717) is 13.1 Å². The summed E-state index contributed by atoms with van der Waals surface area (Å²) in [5, 5.41) is 4.23. The quantitative estimate of drug-likeness (QED) is 0.468. The van der Waals surface area contributed by atoms with Gasteiger partial charge in [-0.2, -0.15) is 0 Å². The van der Waals surface area contributed by atoms with Gasteiger partial charge in [0.15, 0.2) is 0 Å². The number of aromatic nitrogens is 1. The summed E-state index contributed by atoms with van der Waals surface area (Å²) in [7, 11) is 0. The average Bonchev–Trinajstić information content (AvgIpc) is 3.36. The summed E-state index contributed by atoms with van der Waals surface area (Å²) in [5.41, 5.74) is 5.37. The molecule has 4 rings (SSSR count). The number of nitrogens with zero attached hydrogens (tertiary/aromatic N) is 1. The lowest BCUT2D eigenvalue weighted by atomic mass is 10.1. The highest BCUT2D eigenvalue weighted by molar-refractivity contribution is 5.93. The lowest BCUT2D eigenvalue weighted by Crippen LogP contribution is -2.32. The summed E-state index contributed by atoms with van der Waals surface area (Å²) < 4.78 is 5.52. The van der Waals surface area contributed by atoms with Crippen molar-refractivity contribution in [3.8, 4) is 0 Å². The third-order valence-corrected chi connectivity index (χ3v) is 5.27. The van der Waals surface area contributed by atoms with Crippen LogP contribution in [-0.2, 0) is 17.9 Å². The van der Waals surface area contributed by atoms with Crippen LogP contribution in [0.25, 0.3) is 10.9 Å². The predicted octanol–water partition coefficient (Wildman–Crippen LogP) is 5.02. The Morgan fingerprint density at radius 2 is 1.90 bits per heavy atom.